The van der Waals surface area contributed by atoms with E-state index in [9.17, 15) is 4.79 Å². The monoisotopic (exact) mass is 375 g/mol. The second-order valence-electron chi connectivity index (χ2n) is 6.95. The predicted octanol–water partition coefficient (Wildman–Crippen LogP) is 3.57. The third-order valence-corrected chi connectivity index (χ3v) is 4.98. The molecule has 2 heterocycles. The van der Waals surface area contributed by atoms with Gasteiger partial charge in [-0.2, -0.15) is 5.10 Å². The quantitative estimate of drug-likeness (QED) is 0.717. The van der Waals surface area contributed by atoms with Crippen molar-refractivity contribution in [1.82, 2.24) is 20.0 Å². The number of nitrogens with zero attached hydrogens (tertiary/aromatic N) is 3. The van der Waals surface area contributed by atoms with Crippen LogP contribution < -0.4 is 10.6 Å². The van der Waals surface area contributed by atoms with Crippen LogP contribution in [0.4, 0.5) is 10.5 Å². The van der Waals surface area contributed by atoms with Crippen molar-refractivity contribution in [3.05, 3.63) is 77.6 Å². The summed E-state index contributed by atoms with van der Waals surface area (Å²) in [6, 6.07) is 18.0. The van der Waals surface area contributed by atoms with Crippen LogP contribution in [0.3, 0.4) is 0 Å². The van der Waals surface area contributed by atoms with Crippen molar-refractivity contribution in [3.8, 4) is 5.69 Å². The van der Waals surface area contributed by atoms with E-state index in [0.717, 1.165) is 42.0 Å². The van der Waals surface area contributed by atoms with Gasteiger partial charge in [-0.1, -0.05) is 37.3 Å². The normalized spacial score (nSPS) is 13.2. The van der Waals surface area contributed by atoms with Gasteiger partial charge in [-0.25, -0.2) is 9.48 Å². The van der Waals surface area contributed by atoms with E-state index in [2.05, 4.69) is 28.7 Å². The molecule has 6 heteroatoms. The Balaban J connectivity index is 1.43. The number of aromatic nitrogens is 2. The topological polar surface area (TPSA) is 62.2 Å². The highest BCUT2D eigenvalue weighted by Gasteiger charge is 2.24. The zero-order chi connectivity index (χ0) is 19.3. The standard InChI is InChI=1S/C22H25N5O/c1-2-23-14-17-7-6-8-19(13-17)25-22(28)26-12-11-21-18(16-26)15-24-27(21)20-9-4-3-5-10-20/h3-10,13,15,23H,2,11-12,14,16H2,1H3,(H,25,28). The zero-order valence-corrected chi connectivity index (χ0v) is 16.1. The zero-order valence-electron chi connectivity index (χ0n) is 16.1. The molecule has 4 rings (SSSR count). The molecule has 28 heavy (non-hydrogen) atoms. The summed E-state index contributed by atoms with van der Waals surface area (Å²) < 4.78 is 1.98. The first kappa shape index (κ1) is 18.3. The summed E-state index contributed by atoms with van der Waals surface area (Å²) in [5, 5.41) is 10.9. The molecular formula is C22H25N5O. The second-order valence-corrected chi connectivity index (χ2v) is 6.95. The van der Waals surface area contributed by atoms with E-state index in [1.807, 2.05) is 64.3 Å². The van der Waals surface area contributed by atoms with E-state index in [0.29, 0.717) is 13.1 Å². The number of anilines is 1. The van der Waals surface area contributed by atoms with E-state index >= 15 is 0 Å². The number of rotatable bonds is 5. The average Bonchev–Trinajstić information content (AvgIpc) is 3.16. The molecule has 0 spiro atoms. The number of benzene rings is 2. The van der Waals surface area contributed by atoms with Crippen molar-refractivity contribution >= 4 is 11.7 Å². The molecule has 0 unspecified atom stereocenters. The van der Waals surface area contributed by atoms with Gasteiger partial charge in [-0.15, -0.1) is 0 Å². The lowest BCUT2D eigenvalue weighted by Crippen LogP contribution is -2.39. The molecule has 1 aromatic heterocycles. The van der Waals surface area contributed by atoms with Crippen LogP contribution >= 0.6 is 0 Å². The van der Waals surface area contributed by atoms with Gasteiger partial charge in [0.05, 0.1) is 24.1 Å². The van der Waals surface area contributed by atoms with Crippen molar-refractivity contribution in [3.63, 3.8) is 0 Å². The summed E-state index contributed by atoms with van der Waals surface area (Å²) >= 11 is 0. The Morgan fingerprint density at radius 2 is 2.00 bits per heavy atom. The first-order valence-corrected chi connectivity index (χ1v) is 9.71. The Kier molecular flexibility index (Phi) is 5.39. The summed E-state index contributed by atoms with van der Waals surface area (Å²) in [6.45, 7) is 5.05. The molecule has 0 radical (unpaired) electrons. The molecule has 0 fully saturated rings. The van der Waals surface area contributed by atoms with Gasteiger partial charge >= 0.3 is 6.03 Å². The minimum Gasteiger partial charge on any atom is -0.320 e. The second kappa shape index (κ2) is 8.27. The van der Waals surface area contributed by atoms with E-state index < -0.39 is 0 Å². The molecule has 2 aromatic carbocycles. The molecule has 2 N–H and O–H groups in total. The fraction of sp³-hybridized carbons (Fsp3) is 0.273. The van der Waals surface area contributed by atoms with Gasteiger partial charge in [0.25, 0.3) is 0 Å². The van der Waals surface area contributed by atoms with Crippen LogP contribution in [0.2, 0.25) is 0 Å². The highest BCUT2D eigenvalue weighted by atomic mass is 16.2. The molecule has 0 saturated heterocycles. The number of nitrogens with one attached hydrogen (secondary N) is 2. The summed E-state index contributed by atoms with van der Waals surface area (Å²) in [6.07, 6.45) is 2.66. The first-order chi connectivity index (χ1) is 13.7. The van der Waals surface area contributed by atoms with Crippen LogP contribution in [-0.4, -0.2) is 33.8 Å². The lowest BCUT2D eigenvalue weighted by molar-refractivity contribution is 0.206. The number of fused-ring (bicyclic) bond motifs is 1. The number of hydrogen-bond donors (Lipinski definition) is 2. The fourth-order valence-corrected chi connectivity index (χ4v) is 3.53. The molecule has 144 valence electrons. The van der Waals surface area contributed by atoms with Crippen molar-refractivity contribution in [2.75, 3.05) is 18.4 Å². The third-order valence-electron chi connectivity index (χ3n) is 4.98. The van der Waals surface area contributed by atoms with Crippen molar-refractivity contribution in [2.45, 2.75) is 26.4 Å². The van der Waals surface area contributed by atoms with Gasteiger partial charge < -0.3 is 15.5 Å². The fourth-order valence-electron chi connectivity index (χ4n) is 3.53. The molecule has 1 aliphatic heterocycles. The minimum absolute atomic E-state index is 0.0706. The molecule has 3 aromatic rings. The molecule has 0 saturated carbocycles. The van der Waals surface area contributed by atoms with Gasteiger partial charge in [0.15, 0.2) is 0 Å². The highest BCUT2D eigenvalue weighted by Crippen LogP contribution is 2.22. The average molecular weight is 375 g/mol. The third kappa shape index (κ3) is 3.92. The maximum absolute atomic E-state index is 12.8. The Bertz CT molecular complexity index is 951. The number of urea groups is 1. The van der Waals surface area contributed by atoms with Gasteiger partial charge in [-0.3, -0.25) is 0 Å². The maximum Gasteiger partial charge on any atom is 0.322 e. The molecular weight excluding hydrogens is 350 g/mol. The summed E-state index contributed by atoms with van der Waals surface area (Å²) in [5.74, 6) is 0. The molecule has 2 amide bonds. The van der Waals surface area contributed by atoms with Crippen LogP contribution in [0.5, 0.6) is 0 Å². The van der Waals surface area contributed by atoms with E-state index in [1.165, 1.54) is 5.69 Å². The maximum atomic E-state index is 12.8. The number of hydrogen-bond acceptors (Lipinski definition) is 3. The summed E-state index contributed by atoms with van der Waals surface area (Å²) in [7, 11) is 0. The highest BCUT2D eigenvalue weighted by molar-refractivity contribution is 5.89. The molecule has 0 aliphatic carbocycles. The Labute approximate surface area is 165 Å². The number of carbonyl (C=O) groups is 1. The van der Waals surface area contributed by atoms with E-state index in [4.69, 9.17) is 0 Å². The van der Waals surface area contributed by atoms with Crippen LogP contribution in [0.15, 0.2) is 60.8 Å². The summed E-state index contributed by atoms with van der Waals surface area (Å²) in [5.41, 5.74) is 5.32. The van der Waals surface area contributed by atoms with Crippen LogP contribution in [0.25, 0.3) is 5.69 Å². The molecule has 0 bridgehead atoms. The van der Waals surface area contributed by atoms with Crippen LogP contribution in [0.1, 0.15) is 23.7 Å². The van der Waals surface area contributed by atoms with Crippen LogP contribution in [-0.2, 0) is 19.5 Å². The Morgan fingerprint density at radius 3 is 2.82 bits per heavy atom. The van der Waals surface area contributed by atoms with Gasteiger partial charge in [0, 0.05) is 30.8 Å². The number of para-hydroxylation sites is 1. The lowest BCUT2D eigenvalue weighted by atomic mass is 10.1. The largest absolute Gasteiger partial charge is 0.322 e. The minimum atomic E-state index is -0.0706. The molecule has 6 nitrogen and oxygen atoms in total. The van der Waals surface area contributed by atoms with Crippen LogP contribution in [0, 0.1) is 0 Å². The SMILES string of the molecule is CCNCc1cccc(NC(=O)N2CCc3c(cnn3-c3ccccc3)C2)c1. The van der Waals surface area contributed by atoms with Gasteiger partial charge in [0.2, 0.25) is 0 Å². The van der Waals surface area contributed by atoms with E-state index in [1.54, 1.807) is 0 Å². The van der Waals surface area contributed by atoms with Crippen molar-refractivity contribution < 1.29 is 4.79 Å². The Hall–Kier alpha value is -3.12. The molecule has 0 atom stereocenters. The first-order valence-electron chi connectivity index (χ1n) is 9.71. The van der Waals surface area contributed by atoms with Gasteiger partial charge in [0.1, 0.15) is 0 Å². The van der Waals surface area contributed by atoms with E-state index in [-0.39, 0.29) is 6.03 Å². The van der Waals surface area contributed by atoms with Gasteiger partial charge in [-0.05, 0) is 36.4 Å². The molecule has 1 aliphatic rings. The predicted molar refractivity (Wildman–Crippen MR) is 111 cm³/mol. The lowest BCUT2D eigenvalue weighted by Gasteiger charge is -2.27. The smallest absolute Gasteiger partial charge is 0.320 e. The number of amides is 2. The Morgan fingerprint density at radius 1 is 1.14 bits per heavy atom. The van der Waals surface area contributed by atoms with Crippen molar-refractivity contribution in [2.24, 2.45) is 0 Å². The number of carbonyl (C=O) groups excluding carboxylic acids is 1. The van der Waals surface area contributed by atoms with Crippen molar-refractivity contribution in [1.29, 1.82) is 0 Å². The summed E-state index contributed by atoms with van der Waals surface area (Å²) in [4.78, 5) is 14.6.